The van der Waals surface area contributed by atoms with E-state index in [-0.39, 0.29) is 27.4 Å². The fourth-order valence-corrected chi connectivity index (χ4v) is 3.80. The first-order chi connectivity index (χ1) is 15.2. The van der Waals surface area contributed by atoms with Crippen LogP contribution in [-0.4, -0.2) is 50.2 Å². The molecule has 1 aliphatic rings. The summed E-state index contributed by atoms with van der Waals surface area (Å²) < 4.78 is 6.48. The van der Waals surface area contributed by atoms with Crippen molar-refractivity contribution >= 4 is 35.1 Å². The number of amides is 1. The van der Waals surface area contributed by atoms with Crippen molar-refractivity contribution in [1.82, 2.24) is 19.7 Å². The maximum atomic E-state index is 12.2. The van der Waals surface area contributed by atoms with E-state index in [0.717, 1.165) is 5.56 Å². The molecule has 0 fully saturated rings. The van der Waals surface area contributed by atoms with Crippen LogP contribution in [0.25, 0.3) is 5.69 Å². The highest BCUT2D eigenvalue weighted by atomic mass is 35.5. The van der Waals surface area contributed by atoms with Crippen LogP contribution in [0.15, 0.2) is 39.9 Å². The van der Waals surface area contributed by atoms with Crippen LogP contribution >= 0.6 is 23.2 Å². The van der Waals surface area contributed by atoms with Crippen molar-refractivity contribution in [3.8, 4) is 17.2 Å². The zero-order valence-corrected chi connectivity index (χ0v) is 17.9. The van der Waals surface area contributed by atoms with E-state index in [2.05, 4.69) is 5.10 Å². The van der Waals surface area contributed by atoms with E-state index in [4.69, 9.17) is 33.0 Å². The number of carboxylic acid groups (broad SMARTS) is 1. The van der Waals surface area contributed by atoms with Crippen molar-refractivity contribution in [3.63, 3.8) is 0 Å². The Hall–Kier alpha value is -3.63. The summed E-state index contributed by atoms with van der Waals surface area (Å²) in [5, 5.41) is 12.7. The molecule has 2 aromatic carbocycles. The molecule has 0 bridgehead atoms. The van der Waals surface area contributed by atoms with Gasteiger partial charge in [0.2, 0.25) is 5.69 Å². The van der Waals surface area contributed by atoms with Crippen LogP contribution in [0.4, 0.5) is 0 Å². The van der Waals surface area contributed by atoms with Gasteiger partial charge in [-0.05, 0) is 42.3 Å². The van der Waals surface area contributed by atoms with E-state index in [9.17, 15) is 19.2 Å². The minimum atomic E-state index is -1.60. The third-order valence-corrected chi connectivity index (χ3v) is 5.41. The van der Waals surface area contributed by atoms with Gasteiger partial charge in [0, 0.05) is 19.2 Å². The second-order valence-electron chi connectivity index (χ2n) is 6.96. The number of carbonyl (C=O) groups is 2. The number of halogens is 2. The predicted octanol–water partition coefficient (Wildman–Crippen LogP) is 2.35. The Morgan fingerprint density at radius 1 is 1.16 bits per heavy atom. The van der Waals surface area contributed by atoms with E-state index >= 15 is 0 Å². The molecule has 1 amide bonds. The molecule has 1 aromatic heterocycles. The van der Waals surface area contributed by atoms with Crippen molar-refractivity contribution < 1.29 is 19.4 Å². The summed E-state index contributed by atoms with van der Waals surface area (Å²) in [5.74, 6) is -1.18. The summed E-state index contributed by atoms with van der Waals surface area (Å²) in [5.41, 5.74) is -1.52. The van der Waals surface area contributed by atoms with Crippen LogP contribution in [0.2, 0.25) is 10.0 Å². The highest BCUT2D eigenvalue weighted by Gasteiger charge is 2.22. The van der Waals surface area contributed by atoms with Crippen molar-refractivity contribution in [2.75, 3.05) is 13.6 Å². The van der Waals surface area contributed by atoms with Gasteiger partial charge in [0.15, 0.2) is 5.75 Å². The van der Waals surface area contributed by atoms with Crippen LogP contribution in [0.3, 0.4) is 0 Å². The number of carbonyl (C=O) groups excluding carboxylic acids is 1. The molecule has 2 N–H and O–H groups in total. The van der Waals surface area contributed by atoms with Gasteiger partial charge in [0.1, 0.15) is 5.75 Å². The zero-order valence-electron chi connectivity index (χ0n) is 16.4. The summed E-state index contributed by atoms with van der Waals surface area (Å²) in [7, 11) is 1.73. The third-order valence-electron chi connectivity index (χ3n) is 4.85. The third kappa shape index (κ3) is 3.85. The maximum Gasteiger partial charge on any atom is 0.362 e. The highest BCUT2D eigenvalue weighted by Crippen LogP contribution is 2.38. The number of fused-ring (bicyclic) bond motifs is 1. The fourth-order valence-electron chi connectivity index (χ4n) is 3.24. The molecular weight excluding hydrogens is 463 g/mol. The summed E-state index contributed by atoms with van der Waals surface area (Å²) in [4.78, 5) is 50.6. The van der Waals surface area contributed by atoms with E-state index in [1.165, 1.54) is 12.1 Å². The van der Waals surface area contributed by atoms with Gasteiger partial charge in [0.25, 0.3) is 11.5 Å². The number of carboxylic acids is 1. The average molecular weight is 477 g/mol. The van der Waals surface area contributed by atoms with Crippen molar-refractivity contribution in [1.29, 1.82) is 0 Å². The Kier molecular flexibility index (Phi) is 5.49. The number of nitrogens with zero attached hydrogens (tertiary/aromatic N) is 3. The number of hydrogen-bond donors (Lipinski definition) is 2. The van der Waals surface area contributed by atoms with Crippen LogP contribution in [0.1, 0.15) is 26.4 Å². The fraction of sp³-hybridized carbons (Fsp3) is 0.150. The lowest BCUT2D eigenvalue weighted by molar-refractivity contribution is 0.0685. The van der Waals surface area contributed by atoms with Gasteiger partial charge >= 0.3 is 11.7 Å². The van der Waals surface area contributed by atoms with Crippen LogP contribution in [-0.2, 0) is 6.42 Å². The molecule has 0 unspecified atom stereocenters. The Balaban J connectivity index is 1.70. The summed E-state index contributed by atoms with van der Waals surface area (Å²) in [6.07, 6.45) is 0.669. The maximum absolute atomic E-state index is 12.2. The van der Waals surface area contributed by atoms with Gasteiger partial charge < -0.3 is 14.7 Å². The number of rotatable bonds is 4. The van der Waals surface area contributed by atoms with E-state index in [1.54, 1.807) is 30.1 Å². The van der Waals surface area contributed by atoms with Gasteiger partial charge in [-0.2, -0.15) is 9.78 Å². The molecule has 0 saturated carbocycles. The molecular formula is C20H14Cl2N4O6. The lowest BCUT2D eigenvalue weighted by Crippen LogP contribution is -2.35. The lowest BCUT2D eigenvalue weighted by Gasteiger charge is -2.25. The van der Waals surface area contributed by atoms with Crippen LogP contribution in [0, 0.1) is 0 Å². The standard InChI is InChI=1S/C20H14Cl2N4O6/c1-25-5-4-9-6-11(2-3-12(9)18(25)28)32-16-13(21)7-10(8-14(16)22)26-20(31)23-17(27)15(24-26)19(29)30/h2-3,6-8H,4-5H2,1H3,(H,29,30)(H,23,27,31). The monoisotopic (exact) mass is 476 g/mol. The molecule has 0 atom stereocenters. The molecule has 164 valence electrons. The average Bonchev–Trinajstić information content (AvgIpc) is 2.73. The summed E-state index contributed by atoms with van der Waals surface area (Å²) in [6.45, 7) is 0.588. The number of likely N-dealkylation sites (N-methyl/N-ethyl adjacent to an activating group) is 1. The number of aromatic nitrogens is 3. The van der Waals surface area contributed by atoms with Gasteiger partial charge in [-0.15, -0.1) is 0 Å². The first-order valence-electron chi connectivity index (χ1n) is 9.18. The molecule has 12 heteroatoms. The summed E-state index contributed by atoms with van der Waals surface area (Å²) in [6, 6.07) is 7.59. The molecule has 3 aromatic rings. The van der Waals surface area contributed by atoms with Gasteiger partial charge in [-0.1, -0.05) is 23.2 Å². The Bertz CT molecular complexity index is 1370. The summed E-state index contributed by atoms with van der Waals surface area (Å²) >= 11 is 12.6. The van der Waals surface area contributed by atoms with Crippen LogP contribution in [0.5, 0.6) is 11.5 Å². The molecule has 0 aliphatic carbocycles. The first-order valence-corrected chi connectivity index (χ1v) is 9.94. The van der Waals surface area contributed by atoms with Gasteiger partial charge in [-0.25, -0.2) is 9.59 Å². The second kappa shape index (κ2) is 8.13. The molecule has 0 saturated heterocycles. The van der Waals surface area contributed by atoms with Gasteiger partial charge in [0.05, 0.1) is 15.7 Å². The van der Waals surface area contributed by atoms with E-state index < -0.39 is 22.9 Å². The topological polar surface area (TPSA) is 135 Å². The molecule has 10 nitrogen and oxygen atoms in total. The highest BCUT2D eigenvalue weighted by molar-refractivity contribution is 6.37. The minimum absolute atomic E-state index is 0.0119. The number of nitrogens with one attached hydrogen (secondary N) is 1. The van der Waals surface area contributed by atoms with Crippen LogP contribution < -0.4 is 16.0 Å². The SMILES string of the molecule is CN1CCc2cc(Oc3c(Cl)cc(-n4nc(C(=O)O)c(=O)[nH]c4=O)cc3Cl)ccc2C1=O. The van der Waals surface area contributed by atoms with Crippen molar-refractivity contribution in [2.45, 2.75) is 6.42 Å². The molecule has 0 radical (unpaired) electrons. The van der Waals surface area contributed by atoms with Crippen molar-refractivity contribution in [2.24, 2.45) is 0 Å². The smallest absolute Gasteiger partial charge is 0.362 e. The Labute approximate surface area is 189 Å². The quantitative estimate of drug-likeness (QED) is 0.589. The van der Waals surface area contributed by atoms with Gasteiger partial charge in [-0.3, -0.25) is 14.6 Å². The number of ether oxygens (including phenoxy) is 1. The second-order valence-corrected chi connectivity index (χ2v) is 7.78. The molecule has 2 heterocycles. The molecule has 4 rings (SSSR count). The Morgan fingerprint density at radius 2 is 1.84 bits per heavy atom. The zero-order chi connectivity index (χ0) is 23.2. The Morgan fingerprint density at radius 3 is 2.50 bits per heavy atom. The van der Waals surface area contributed by atoms with E-state index in [0.29, 0.717) is 29.0 Å². The number of benzene rings is 2. The number of hydrogen-bond acceptors (Lipinski definition) is 6. The number of aromatic amines is 1. The number of H-pyrrole nitrogens is 1. The van der Waals surface area contributed by atoms with Crippen molar-refractivity contribution in [3.05, 3.63) is 78.0 Å². The largest absolute Gasteiger partial charge is 0.476 e. The predicted molar refractivity (Wildman–Crippen MR) is 115 cm³/mol. The molecule has 32 heavy (non-hydrogen) atoms. The molecule has 0 spiro atoms. The normalized spacial score (nSPS) is 13.1. The lowest BCUT2D eigenvalue weighted by atomic mass is 9.99. The first kappa shape index (κ1) is 21.6. The minimum Gasteiger partial charge on any atom is -0.476 e. The molecule has 1 aliphatic heterocycles. The number of aromatic carboxylic acids is 1. The van der Waals surface area contributed by atoms with E-state index in [1.807, 2.05) is 4.98 Å².